The molecule has 3 N–H and O–H groups in total. The van der Waals surface area contributed by atoms with Crippen LogP contribution in [0.25, 0.3) is 0 Å². The summed E-state index contributed by atoms with van der Waals surface area (Å²) in [5, 5.41) is 2.94. The predicted molar refractivity (Wildman–Crippen MR) is 85.3 cm³/mol. The summed E-state index contributed by atoms with van der Waals surface area (Å²) in [6.07, 6.45) is 2.57. The number of benzene rings is 1. The summed E-state index contributed by atoms with van der Waals surface area (Å²) in [4.78, 5) is 17.0. The summed E-state index contributed by atoms with van der Waals surface area (Å²) < 4.78 is 0. The van der Waals surface area contributed by atoms with Gasteiger partial charge in [-0.15, -0.1) is 0 Å². The zero-order chi connectivity index (χ0) is 14.8. The monoisotopic (exact) mass is 288 g/mol. The summed E-state index contributed by atoms with van der Waals surface area (Å²) in [5.74, 6) is 0.0460. The van der Waals surface area contributed by atoms with E-state index in [9.17, 15) is 4.79 Å². The number of rotatable bonds is 3. The first-order chi connectivity index (χ1) is 10.1. The Hall–Kier alpha value is -1.59. The lowest BCUT2D eigenvalue weighted by molar-refractivity contribution is -0.117. The maximum atomic E-state index is 12.2. The number of piperazine rings is 1. The molecule has 2 aliphatic rings. The standard InChI is InChI=1S/C16H24N4O/c1-12-4-5-13(9-15(12)17)18-16(21)11-19-7-8-20-6-2-3-14(20)10-19/h4-5,9,14H,2-3,6-8,10-11,17H2,1H3,(H,18,21). The van der Waals surface area contributed by atoms with Crippen LogP contribution in [-0.4, -0.2) is 54.5 Å². The molecule has 0 radical (unpaired) electrons. The van der Waals surface area contributed by atoms with Crippen molar-refractivity contribution < 1.29 is 4.79 Å². The van der Waals surface area contributed by atoms with Crippen molar-refractivity contribution in [2.24, 2.45) is 0 Å². The first-order valence-corrected chi connectivity index (χ1v) is 7.74. The molecule has 2 saturated heterocycles. The van der Waals surface area contributed by atoms with Gasteiger partial charge in [0.05, 0.1) is 6.54 Å². The van der Waals surface area contributed by atoms with Crippen molar-refractivity contribution >= 4 is 17.3 Å². The molecule has 0 saturated carbocycles. The van der Waals surface area contributed by atoms with Gasteiger partial charge in [0.2, 0.25) is 5.91 Å². The van der Waals surface area contributed by atoms with Crippen LogP contribution in [0.3, 0.4) is 0 Å². The quantitative estimate of drug-likeness (QED) is 0.823. The molecule has 5 heteroatoms. The van der Waals surface area contributed by atoms with Gasteiger partial charge in [0.25, 0.3) is 0 Å². The van der Waals surface area contributed by atoms with Gasteiger partial charge >= 0.3 is 0 Å². The molecule has 1 atom stereocenters. The molecule has 2 aliphatic heterocycles. The van der Waals surface area contributed by atoms with Crippen LogP contribution in [0.15, 0.2) is 18.2 Å². The second-order valence-electron chi connectivity index (χ2n) is 6.19. The molecule has 1 unspecified atom stereocenters. The van der Waals surface area contributed by atoms with Gasteiger partial charge in [0.1, 0.15) is 0 Å². The number of hydrogen-bond acceptors (Lipinski definition) is 4. The Kier molecular flexibility index (Phi) is 4.12. The van der Waals surface area contributed by atoms with Crippen LogP contribution >= 0.6 is 0 Å². The lowest BCUT2D eigenvalue weighted by Crippen LogP contribution is -2.51. The van der Waals surface area contributed by atoms with E-state index < -0.39 is 0 Å². The zero-order valence-electron chi connectivity index (χ0n) is 12.6. The van der Waals surface area contributed by atoms with Crippen LogP contribution in [0, 0.1) is 6.92 Å². The van der Waals surface area contributed by atoms with Gasteiger partial charge in [-0.2, -0.15) is 0 Å². The van der Waals surface area contributed by atoms with Crippen molar-refractivity contribution in [1.82, 2.24) is 9.80 Å². The maximum Gasteiger partial charge on any atom is 0.238 e. The summed E-state index contributed by atoms with van der Waals surface area (Å²) in [7, 11) is 0. The SMILES string of the molecule is Cc1ccc(NC(=O)CN2CCN3CCCC3C2)cc1N. The third kappa shape index (κ3) is 3.36. The summed E-state index contributed by atoms with van der Waals surface area (Å²) >= 11 is 0. The van der Waals surface area contributed by atoms with E-state index in [2.05, 4.69) is 15.1 Å². The first kappa shape index (κ1) is 14.4. The molecule has 0 bridgehead atoms. The average molecular weight is 288 g/mol. The van der Waals surface area contributed by atoms with Crippen molar-refractivity contribution in [3.8, 4) is 0 Å². The minimum absolute atomic E-state index is 0.0460. The molecular weight excluding hydrogens is 264 g/mol. The van der Waals surface area contributed by atoms with Crippen molar-refractivity contribution in [3.63, 3.8) is 0 Å². The van der Waals surface area contributed by atoms with Crippen LogP contribution in [0.5, 0.6) is 0 Å². The van der Waals surface area contributed by atoms with Gasteiger partial charge in [-0.1, -0.05) is 6.07 Å². The molecule has 0 spiro atoms. The molecule has 1 aromatic rings. The van der Waals surface area contributed by atoms with Crippen molar-refractivity contribution in [3.05, 3.63) is 23.8 Å². The summed E-state index contributed by atoms with van der Waals surface area (Å²) in [5.41, 5.74) is 8.40. The highest BCUT2D eigenvalue weighted by molar-refractivity contribution is 5.92. The number of fused-ring (bicyclic) bond motifs is 1. The number of nitrogens with zero attached hydrogens (tertiary/aromatic N) is 2. The molecule has 0 aromatic heterocycles. The van der Waals surface area contributed by atoms with Crippen LogP contribution in [0.4, 0.5) is 11.4 Å². The number of nitrogen functional groups attached to an aromatic ring is 1. The second-order valence-corrected chi connectivity index (χ2v) is 6.19. The molecule has 2 heterocycles. The number of aryl methyl sites for hydroxylation is 1. The third-order valence-corrected chi connectivity index (χ3v) is 4.60. The number of carbonyl (C=O) groups is 1. The maximum absolute atomic E-state index is 12.2. The van der Waals surface area contributed by atoms with Crippen LogP contribution < -0.4 is 11.1 Å². The van der Waals surface area contributed by atoms with E-state index >= 15 is 0 Å². The minimum atomic E-state index is 0.0460. The highest BCUT2D eigenvalue weighted by Crippen LogP contribution is 2.21. The Morgan fingerprint density at radius 2 is 2.24 bits per heavy atom. The van der Waals surface area contributed by atoms with Gasteiger partial charge in [-0.25, -0.2) is 0 Å². The summed E-state index contributed by atoms with van der Waals surface area (Å²) in [6, 6.07) is 6.31. The van der Waals surface area contributed by atoms with E-state index in [0.717, 1.165) is 30.9 Å². The normalized spacial score (nSPS) is 23.0. The van der Waals surface area contributed by atoms with Crippen LogP contribution in [-0.2, 0) is 4.79 Å². The molecule has 21 heavy (non-hydrogen) atoms. The molecule has 114 valence electrons. The van der Waals surface area contributed by atoms with E-state index in [1.165, 1.54) is 19.4 Å². The van der Waals surface area contributed by atoms with Crippen molar-refractivity contribution in [2.75, 3.05) is 43.8 Å². The Labute approximate surface area is 126 Å². The molecule has 1 aromatic carbocycles. The van der Waals surface area contributed by atoms with E-state index in [0.29, 0.717) is 18.3 Å². The van der Waals surface area contributed by atoms with Crippen molar-refractivity contribution in [1.29, 1.82) is 0 Å². The molecule has 0 aliphatic carbocycles. The average Bonchev–Trinajstić information content (AvgIpc) is 2.90. The Bertz CT molecular complexity index is 531. The highest BCUT2D eigenvalue weighted by atomic mass is 16.2. The Morgan fingerprint density at radius 3 is 3.05 bits per heavy atom. The largest absolute Gasteiger partial charge is 0.398 e. The first-order valence-electron chi connectivity index (χ1n) is 7.74. The fourth-order valence-corrected chi connectivity index (χ4v) is 3.32. The van der Waals surface area contributed by atoms with E-state index in [-0.39, 0.29) is 5.91 Å². The van der Waals surface area contributed by atoms with Gasteiger partial charge in [0.15, 0.2) is 0 Å². The summed E-state index contributed by atoms with van der Waals surface area (Å²) in [6.45, 7) is 6.76. The second kappa shape index (κ2) is 6.03. The fraction of sp³-hybridized carbons (Fsp3) is 0.562. The molecule has 2 fully saturated rings. The Morgan fingerprint density at radius 1 is 1.38 bits per heavy atom. The number of nitrogens with two attached hydrogens (primary N) is 1. The topological polar surface area (TPSA) is 61.6 Å². The minimum Gasteiger partial charge on any atom is -0.398 e. The molecular formula is C16H24N4O. The van der Waals surface area contributed by atoms with Crippen molar-refractivity contribution in [2.45, 2.75) is 25.8 Å². The lowest BCUT2D eigenvalue weighted by Gasteiger charge is -2.37. The lowest BCUT2D eigenvalue weighted by atomic mass is 10.1. The smallest absolute Gasteiger partial charge is 0.238 e. The van der Waals surface area contributed by atoms with Gasteiger partial charge < -0.3 is 11.1 Å². The molecule has 3 rings (SSSR count). The van der Waals surface area contributed by atoms with E-state index in [1.54, 1.807) is 0 Å². The van der Waals surface area contributed by atoms with Crippen LogP contribution in [0.1, 0.15) is 18.4 Å². The number of hydrogen-bond donors (Lipinski definition) is 2. The molecule has 1 amide bonds. The third-order valence-electron chi connectivity index (χ3n) is 4.60. The predicted octanol–water partition coefficient (Wildman–Crippen LogP) is 1.30. The zero-order valence-corrected chi connectivity index (χ0v) is 12.6. The highest BCUT2D eigenvalue weighted by Gasteiger charge is 2.30. The van der Waals surface area contributed by atoms with E-state index in [1.807, 2.05) is 25.1 Å². The number of carbonyl (C=O) groups excluding carboxylic acids is 1. The number of nitrogens with one attached hydrogen (secondary N) is 1. The number of anilines is 2. The van der Waals surface area contributed by atoms with Gasteiger partial charge in [-0.3, -0.25) is 14.6 Å². The molecule has 5 nitrogen and oxygen atoms in total. The fourth-order valence-electron chi connectivity index (χ4n) is 3.32. The van der Waals surface area contributed by atoms with Gasteiger partial charge in [-0.05, 0) is 44.0 Å². The van der Waals surface area contributed by atoms with E-state index in [4.69, 9.17) is 5.73 Å². The van der Waals surface area contributed by atoms with Gasteiger partial charge in [0, 0.05) is 37.1 Å². The number of amides is 1. The Balaban J connectivity index is 1.53. The van der Waals surface area contributed by atoms with Crippen LogP contribution in [0.2, 0.25) is 0 Å².